The number of rotatable bonds is 4. The van der Waals surface area contributed by atoms with E-state index in [1.165, 1.54) is 6.07 Å². The summed E-state index contributed by atoms with van der Waals surface area (Å²) < 4.78 is 39.3. The van der Waals surface area contributed by atoms with Gasteiger partial charge in [0, 0.05) is 55.6 Å². The Morgan fingerprint density at radius 2 is 1.67 bits per heavy atom. The summed E-state index contributed by atoms with van der Waals surface area (Å²) in [5.74, 6) is 0.177. The van der Waals surface area contributed by atoms with Crippen LogP contribution in [0.2, 0.25) is 0 Å². The summed E-state index contributed by atoms with van der Waals surface area (Å²) in [6.07, 6.45) is -2.87. The topological polar surface area (TPSA) is 36.4 Å². The Kier molecular flexibility index (Phi) is 6.40. The highest BCUT2D eigenvalue weighted by atomic mass is 19.4. The zero-order valence-corrected chi connectivity index (χ0v) is 18.6. The summed E-state index contributed by atoms with van der Waals surface area (Å²) in [7, 11) is 3.88. The molecule has 172 valence electrons. The van der Waals surface area contributed by atoms with Crippen LogP contribution < -0.4 is 4.90 Å². The van der Waals surface area contributed by atoms with Gasteiger partial charge in [-0.25, -0.2) is 0 Å². The fourth-order valence-electron chi connectivity index (χ4n) is 4.17. The van der Waals surface area contributed by atoms with Crippen molar-refractivity contribution in [2.24, 2.45) is 0 Å². The van der Waals surface area contributed by atoms with Crippen molar-refractivity contribution in [1.82, 2.24) is 9.88 Å². The minimum absolute atomic E-state index is 0.0165. The number of likely N-dealkylation sites (tertiary alicyclic amines) is 1. The molecule has 4 rings (SSSR count). The Balaban J connectivity index is 1.46. The Hall–Kier alpha value is -3.35. The third-order valence-electron chi connectivity index (χ3n) is 6.07. The van der Waals surface area contributed by atoms with E-state index in [1.54, 1.807) is 12.1 Å². The summed E-state index contributed by atoms with van der Waals surface area (Å²) in [5, 5.41) is 0. The highest BCUT2D eigenvalue weighted by molar-refractivity contribution is 5.95. The minimum Gasteiger partial charge on any atom is -0.378 e. The Morgan fingerprint density at radius 1 is 0.970 bits per heavy atom. The van der Waals surface area contributed by atoms with E-state index in [-0.39, 0.29) is 11.8 Å². The molecule has 1 saturated heterocycles. The predicted octanol–water partition coefficient (Wildman–Crippen LogP) is 5.85. The van der Waals surface area contributed by atoms with E-state index in [1.807, 2.05) is 60.3 Å². The van der Waals surface area contributed by atoms with Crippen LogP contribution in [0, 0.1) is 0 Å². The Morgan fingerprint density at radius 3 is 2.36 bits per heavy atom. The van der Waals surface area contributed by atoms with Gasteiger partial charge in [0.1, 0.15) is 0 Å². The second-order valence-corrected chi connectivity index (χ2v) is 8.54. The van der Waals surface area contributed by atoms with E-state index in [0.29, 0.717) is 29.9 Å². The number of hydrogen-bond acceptors (Lipinski definition) is 3. The molecular weight excluding hydrogens is 427 g/mol. The lowest BCUT2D eigenvalue weighted by Crippen LogP contribution is -2.38. The molecule has 0 atom stereocenters. The maximum atomic E-state index is 13.1. The number of amides is 1. The maximum absolute atomic E-state index is 13.1. The van der Waals surface area contributed by atoms with Crippen LogP contribution >= 0.6 is 0 Å². The van der Waals surface area contributed by atoms with E-state index in [0.717, 1.165) is 36.4 Å². The molecule has 1 aliphatic rings. The number of benzene rings is 2. The van der Waals surface area contributed by atoms with E-state index in [4.69, 9.17) is 0 Å². The molecule has 0 saturated carbocycles. The molecule has 3 aromatic rings. The average Bonchev–Trinajstić information content (AvgIpc) is 2.83. The van der Waals surface area contributed by atoms with Crippen molar-refractivity contribution in [3.8, 4) is 11.3 Å². The number of halogens is 3. The molecule has 33 heavy (non-hydrogen) atoms. The zero-order valence-electron chi connectivity index (χ0n) is 18.6. The fourth-order valence-corrected chi connectivity index (χ4v) is 4.17. The van der Waals surface area contributed by atoms with Crippen molar-refractivity contribution >= 4 is 11.6 Å². The van der Waals surface area contributed by atoms with E-state index < -0.39 is 11.7 Å². The lowest BCUT2D eigenvalue weighted by molar-refractivity contribution is -0.137. The summed E-state index contributed by atoms with van der Waals surface area (Å²) >= 11 is 0. The number of piperidine rings is 1. The second kappa shape index (κ2) is 9.25. The first-order chi connectivity index (χ1) is 15.7. The Labute approximate surface area is 191 Å². The van der Waals surface area contributed by atoms with Gasteiger partial charge in [-0.05, 0) is 55.3 Å². The number of aromatic nitrogens is 1. The lowest BCUT2D eigenvalue weighted by Gasteiger charge is -2.32. The van der Waals surface area contributed by atoms with E-state index >= 15 is 0 Å². The van der Waals surface area contributed by atoms with Crippen molar-refractivity contribution in [3.63, 3.8) is 0 Å². The molecule has 0 N–H and O–H groups in total. The fraction of sp³-hybridized carbons (Fsp3) is 0.308. The Bertz CT molecular complexity index is 1140. The summed E-state index contributed by atoms with van der Waals surface area (Å²) in [6.45, 7) is 1.23. The van der Waals surface area contributed by atoms with Crippen molar-refractivity contribution in [2.45, 2.75) is 24.9 Å². The molecule has 1 amide bonds. The molecule has 0 radical (unpaired) electrons. The molecule has 2 aromatic carbocycles. The predicted molar refractivity (Wildman–Crippen MR) is 123 cm³/mol. The average molecular weight is 454 g/mol. The summed E-state index contributed by atoms with van der Waals surface area (Å²) in [4.78, 5) is 21.5. The van der Waals surface area contributed by atoms with Gasteiger partial charge >= 0.3 is 6.18 Å². The lowest BCUT2D eigenvalue weighted by atomic mass is 9.92. The quantitative estimate of drug-likeness (QED) is 0.497. The number of hydrogen-bond donors (Lipinski definition) is 0. The smallest absolute Gasteiger partial charge is 0.378 e. The van der Waals surface area contributed by atoms with Crippen LogP contribution in [0.1, 0.15) is 40.4 Å². The molecule has 0 bridgehead atoms. The molecule has 1 aromatic heterocycles. The van der Waals surface area contributed by atoms with Crippen molar-refractivity contribution in [1.29, 1.82) is 0 Å². The molecule has 0 spiro atoms. The largest absolute Gasteiger partial charge is 0.416 e. The highest BCUT2D eigenvalue weighted by Crippen LogP contribution is 2.33. The first kappa shape index (κ1) is 22.8. The van der Waals surface area contributed by atoms with Crippen LogP contribution in [0.3, 0.4) is 0 Å². The van der Waals surface area contributed by atoms with Gasteiger partial charge in [-0.15, -0.1) is 0 Å². The van der Waals surface area contributed by atoms with Crippen LogP contribution in [0.25, 0.3) is 11.3 Å². The summed E-state index contributed by atoms with van der Waals surface area (Å²) in [5.41, 5.74) is 2.79. The standard InChI is InChI=1S/C26H26F3N3O/c1-31(2)22-9-4-7-20(17-22)25(33)32-14-12-18(13-15-32)23-10-5-11-24(30-23)19-6-3-8-21(16-19)26(27,28)29/h3-11,16-18H,12-15H2,1-2H3. The molecule has 1 aliphatic heterocycles. The van der Waals surface area contributed by atoms with Crippen molar-refractivity contribution < 1.29 is 18.0 Å². The third-order valence-corrected chi connectivity index (χ3v) is 6.07. The van der Waals surface area contributed by atoms with Crippen LogP contribution in [-0.2, 0) is 6.18 Å². The van der Waals surface area contributed by atoms with Crippen LogP contribution in [0.4, 0.5) is 18.9 Å². The monoisotopic (exact) mass is 453 g/mol. The first-order valence-corrected chi connectivity index (χ1v) is 10.9. The summed E-state index contributed by atoms with van der Waals surface area (Å²) in [6, 6.07) is 18.3. The van der Waals surface area contributed by atoms with Crippen LogP contribution in [0.15, 0.2) is 66.7 Å². The molecule has 2 heterocycles. The second-order valence-electron chi connectivity index (χ2n) is 8.54. The van der Waals surface area contributed by atoms with Crippen LogP contribution in [0.5, 0.6) is 0 Å². The van der Waals surface area contributed by atoms with Gasteiger partial charge in [-0.1, -0.05) is 24.3 Å². The van der Waals surface area contributed by atoms with Gasteiger partial charge in [-0.3, -0.25) is 9.78 Å². The third kappa shape index (κ3) is 5.18. The minimum atomic E-state index is -4.39. The number of nitrogens with zero attached hydrogens (tertiary/aromatic N) is 3. The van der Waals surface area contributed by atoms with Gasteiger partial charge in [-0.2, -0.15) is 13.2 Å². The molecule has 4 nitrogen and oxygen atoms in total. The van der Waals surface area contributed by atoms with Crippen molar-refractivity contribution in [3.05, 3.63) is 83.6 Å². The zero-order chi connectivity index (χ0) is 23.6. The number of carbonyl (C=O) groups excluding carboxylic acids is 1. The highest BCUT2D eigenvalue weighted by Gasteiger charge is 2.31. The molecule has 0 aliphatic carbocycles. The van der Waals surface area contributed by atoms with Gasteiger partial charge < -0.3 is 9.80 Å². The number of alkyl halides is 3. The molecule has 1 fully saturated rings. The van der Waals surface area contributed by atoms with Gasteiger partial charge in [0.25, 0.3) is 5.91 Å². The van der Waals surface area contributed by atoms with Gasteiger partial charge in [0.05, 0.1) is 11.3 Å². The van der Waals surface area contributed by atoms with E-state index in [2.05, 4.69) is 4.98 Å². The van der Waals surface area contributed by atoms with Crippen LogP contribution in [-0.4, -0.2) is 43.0 Å². The molecule has 0 unspecified atom stereocenters. The number of carbonyl (C=O) groups is 1. The molecule has 7 heteroatoms. The van der Waals surface area contributed by atoms with Gasteiger partial charge in [0.2, 0.25) is 0 Å². The first-order valence-electron chi connectivity index (χ1n) is 10.9. The molecular formula is C26H26F3N3O. The van der Waals surface area contributed by atoms with Gasteiger partial charge in [0.15, 0.2) is 0 Å². The number of anilines is 1. The van der Waals surface area contributed by atoms with E-state index in [9.17, 15) is 18.0 Å². The normalized spacial score (nSPS) is 14.9. The number of pyridine rings is 1. The SMILES string of the molecule is CN(C)c1cccc(C(=O)N2CCC(c3cccc(-c4cccc(C(F)(F)F)c4)n3)CC2)c1. The maximum Gasteiger partial charge on any atom is 0.416 e. The van der Waals surface area contributed by atoms with Crippen molar-refractivity contribution in [2.75, 3.05) is 32.1 Å².